The average Bonchev–Trinajstić information content (AvgIpc) is 2.86. The van der Waals surface area contributed by atoms with Gasteiger partial charge in [-0.3, -0.25) is 0 Å². The van der Waals surface area contributed by atoms with Crippen molar-refractivity contribution in [1.82, 2.24) is 4.98 Å². The number of benzene rings is 1. The van der Waals surface area contributed by atoms with E-state index in [0.717, 1.165) is 9.88 Å². The fraction of sp³-hybridized carbons (Fsp3) is 0.400. The Hall–Kier alpha value is -1.62. The van der Waals surface area contributed by atoms with Crippen molar-refractivity contribution >= 4 is 17.0 Å². The summed E-state index contributed by atoms with van der Waals surface area (Å²) in [5.74, 6) is 0.347. The van der Waals surface area contributed by atoms with E-state index in [1.807, 2.05) is 6.20 Å². The van der Waals surface area contributed by atoms with Crippen molar-refractivity contribution in [1.29, 1.82) is 0 Å². The Morgan fingerprint density at radius 1 is 1.35 bits per heavy atom. The molecule has 0 spiro atoms. The van der Waals surface area contributed by atoms with Crippen molar-refractivity contribution in [2.24, 2.45) is 0 Å². The van der Waals surface area contributed by atoms with E-state index in [1.165, 1.54) is 6.07 Å². The van der Waals surface area contributed by atoms with Crippen molar-refractivity contribution < 1.29 is 9.13 Å². The van der Waals surface area contributed by atoms with Crippen molar-refractivity contribution in [2.75, 3.05) is 12.4 Å². The second-order valence-electron chi connectivity index (χ2n) is 5.58. The van der Waals surface area contributed by atoms with Gasteiger partial charge in [0.2, 0.25) is 0 Å². The number of anilines is 1. The van der Waals surface area contributed by atoms with Crippen molar-refractivity contribution in [3.05, 3.63) is 40.1 Å². The largest absolute Gasteiger partial charge is 0.497 e. The molecule has 108 valence electrons. The first kappa shape index (κ1) is 14.8. The number of methoxy groups -OCH3 is 1. The van der Waals surface area contributed by atoms with Gasteiger partial charge < -0.3 is 10.1 Å². The molecule has 0 atom stereocenters. The molecule has 2 rings (SSSR count). The van der Waals surface area contributed by atoms with E-state index in [1.54, 1.807) is 30.6 Å². The summed E-state index contributed by atoms with van der Waals surface area (Å²) in [4.78, 5) is 5.50. The van der Waals surface area contributed by atoms with Crippen LogP contribution in [0, 0.1) is 5.82 Å². The number of halogens is 1. The Morgan fingerprint density at radius 3 is 2.70 bits per heavy atom. The molecule has 0 aliphatic rings. The predicted octanol–water partition coefficient (Wildman–Crippen LogP) is 4.20. The van der Waals surface area contributed by atoms with Crippen LogP contribution in [0.4, 0.5) is 10.1 Å². The zero-order valence-electron chi connectivity index (χ0n) is 12.2. The van der Waals surface area contributed by atoms with Crippen LogP contribution < -0.4 is 10.1 Å². The molecule has 3 nitrogen and oxygen atoms in total. The average molecular weight is 294 g/mol. The molecule has 20 heavy (non-hydrogen) atoms. The predicted molar refractivity (Wildman–Crippen MR) is 81.1 cm³/mol. The van der Waals surface area contributed by atoms with E-state index >= 15 is 0 Å². The summed E-state index contributed by atoms with van der Waals surface area (Å²) in [5.41, 5.74) is 0.486. The number of hydrogen-bond donors (Lipinski definition) is 1. The van der Waals surface area contributed by atoms with Gasteiger partial charge in [0.25, 0.3) is 0 Å². The molecule has 0 saturated heterocycles. The number of nitrogens with zero attached hydrogens (tertiary/aromatic N) is 1. The lowest BCUT2D eigenvalue weighted by atomic mass is 9.98. The van der Waals surface area contributed by atoms with Crippen LogP contribution in [0.2, 0.25) is 0 Å². The Balaban J connectivity index is 2.07. The lowest BCUT2D eigenvalue weighted by molar-refractivity contribution is 0.414. The Kier molecular flexibility index (Phi) is 4.28. The lowest BCUT2D eigenvalue weighted by Gasteiger charge is -2.13. The molecule has 5 heteroatoms. The number of thiazole rings is 1. The third kappa shape index (κ3) is 3.48. The van der Waals surface area contributed by atoms with Gasteiger partial charge in [-0.15, -0.1) is 11.3 Å². The van der Waals surface area contributed by atoms with E-state index in [2.05, 4.69) is 31.1 Å². The first-order valence-electron chi connectivity index (χ1n) is 6.43. The Labute approximate surface area is 122 Å². The maximum atomic E-state index is 13.7. The van der Waals surface area contributed by atoms with Gasteiger partial charge in [0.1, 0.15) is 11.6 Å². The topological polar surface area (TPSA) is 34.1 Å². The Morgan fingerprint density at radius 2 is 2.10 bits per heavy atom. The zero-order chi connectivity index (χ0) is 14.8. The van der Waals surface area contributed by atoms with Crippen LogP contribution in [0.25, 0.3) is 0 Å². The highest BCUT2D eigenvalue weighted by Gasteiger charge is 2.17. The second-order valence-corrected chi connectivity index (χ2v) is 6.70. The van der Waals surface area contributed by atoms with E-state index < -0.39 is 0 Å². The fourth-order valence-electron chi connectivity index (χ4n) is 1.69. The SMILES string of the molecule is COc1ccc(F)c(NCc2cnc(C(C)(C)C)s2)c1. The zero-order valence-corrected chi connectivity index (χ0v) is 13.0. The number of nitrogens with one attached hydrogen (secondary N) is 1. The molecule has 0 saturated carbocycles. The molecule has 2 aromatic rings. The third-order valence-electron chi connectivity index (χ3n) is 2.82. The third-order valence-corrected chi connectivity index (χ3v) is 4.24. The first-order valence-corrected chi connectivity index (χ1v) is 7.24. The lowest BCUT2D eigenvalue weighted by Crippen LogP contribution is -2.09. The standard InChI is InChI=1S/C15H19FN2OS/c1-15(2,3)14-18-9-11(20-14)8-17-13-7-10(19-4)5-6-12(13)16/h5-7,9,17H,8H2,1-4H3. The molecule has 0 aliphatic heterocycles. The fourth-order valence-corrected chi connectivity index (χ4v) is 2.59. The van der Waals surface area contributed by atoms with Crippen LogP contribution >= 0.6 is 11.3 Å². The minimum atomic E-state index is -0.286. The van der Waals surface area contributed by atoms with E-state index in [-0.39, 0.29) is 11.2 Å². The number of rotatable bonds is 4. The van der Waals surface area contributed by atoms with Crippen LogP contribution in [0.5, 0.6) is 5.75 Å². The summed E-state index contributed by atoms with van der Waals surface area (Å²) in [5, 5.41) is 4.17. The minimum Gasteiger partial charge on any atom is -0.497 e. The highest BCUT2D eigenvalue weighted by molar-refractivity contribution is 7.11. The number of aromatic nitrogens is 1. The normalized spacial score (nSPS) is 11.4. The van der Waals surface area contributed by atoms with Crippen LogP contribution in [0.3, 0.4) is 0 Å². The van der Waals surface area contributed by atoms with Gasteiger partial charge in [0.05, 0.1) is 24.3 Å². The second kappa shape index (κ2) is 5.79. The van der Waals surface area contributed by atoms with Crippen LogP contribution in [0.1, 0.15) is 30.7 Å². The molecule has 0 amide bonds. The van der Waals surface area contributed by atoms with Crippen LogP contribution in [0.15, 0.2) is 24.4 Å². The molecule has 1 heterocycles. The van der Waals surface area contributed by atoms with Crippen molar-refractivity contribution in [2.45, 2.75) is 32.7 Å². The van der Waals surface area contributed by atoms with E-state index in [9.17, 15) is 4.39 Å². The first-order chi connectivity index (χ1) is 9.40. The maximum Gasteiger partial charge on any atom is 0.146 e. The number of ether oxygens (including phenoxy) is 1. The van der Waals surface area contributed by atoms with Gasteiger partial charge in [-0.05, 0) is 12.1 Å². The van der Waals surface area contributed by atoms with Crippen molar-refractivity contribution in [3.63, 3.8) is 0 Å². The quantitative estimate of drug-likeness (QED) is 0.917. The highest BCUT2D eigenvalue weighted by atomic mass is 32.1. The van der Waals surface area contributed by atoms with E-state index in [4.69, 9.17) is 4.74 Å². The summed E-state index contributed by atoms with van der Waals surface area (Å²) in [6, 6.07) is 4.65. The van der Waals surface area contributed by atoms with Gasteiger partial charge in [-0.1, -0.05) is 20.8 Å². The summed E-state index contributed by atoms with van der Waals surface area (Å²) < 4.78 is 18.8. The summed E-state index contributed by atoms with van der Waals surface area (Å²) in [6.07, 6.45) is 1.84. The van der Waals surface area contributed by atoms with Gasteiger partial charge in [-0.2, -0.15) is 0 Å². The summed E-state index contributed by atoms with van der Waals surface area (Å²) in [7, 11) is 1.57. The van der Waals surface area contributed by atoms with Gasteiger partial charge in [0.15, 0.2) is 0 Å². The summed E-state index contributed by atoms with van der Waals surface area (Å²) >= 11 is 1.65. The molecule has 0 fully saturated rings. The molecule has 1 aromatic carbocycles. The van der Waals surface area contributed by atoms with Crippen LogP contribution in [-0.4, -0.2) is 12.1 Å². The summed E-state index contributed by atoms with van der Waals surface area (Å²) in [6.45, 7) is 6.94. The maximum absolute atomic E-state index is 13.7. The molecular weight excluding hydrogens is 275 g/mol. The molecule has 0 radical (unpaired) electrons. The van der Waals surface area contributed by atoms with Gasteiger partial charge >= 0.3 is 0 Å². The molecular formula is C15H19FN2OS. The van der Waals surface area contributed by atoms with Gasteiger partial charge in [0, 0.05) is 22.6 Å². The van der Waals surface area contributed by atoms with Crippen molar-refractivity contribution in [3.8, 4) is 5.75 Å². The number of hydrogen-bond acceptors (Lipinski definition) is 4. The highest BCUT2D eigenvalue weighted by Crippen LogP contribution is 2.28. The van der Waals surface area contributed by atoms with Gasteiger partial charge in [-0.25, -0.2) is 9.37 Å². The molecule has 0 aliphatic carbocycles. The monoisotopic (exact) mass is 294 g/mol. The van der Waals surface area contributed by atoms with E-state index in [0.29, 0.717) is 18.0 Å². The molecule has 1 N–H and O–H groups in total. The minimum absolute atomic E-state index is 0.0458. The smallest absolute Gasteiger partial charge is 0.146 e. The molecule has 1 aromatic heterocycles. The Bertz CT molecular complexity index is 590. The molecule has 0 bridgehead atoms. The molecule has 0 unspecified atom stereocenters. The van der Waals surface area contributed by atoms with Crippen LogP contribution in [-0.2, 0) is 12.0 Å².